The molecule has 1 rings (SSSR count). The predicted molar refractivity (Wildman–Crippen MR) is 46.3 cm³/mol. The summed E-state index contributed by atoms with van der Waals surface area (Å²) in [5.74, 6) is -1.32. The van der Waals surface area contributed by atoms with Gasteiger partial charge in [0.1, 0.15) is 5.82 Å². The van der Waals surface area contributed by atoms with Crippen molar-refractivity contribution in [2.24, 2.45) is 0 Å². The molecular weight excluding hydrogens is 220 g/mol. The average Bonchev–Trinajstić information content (AvgIpc) is 2.02. The molecule has 0 bridgehead atoms. The van der Waals surface area contributed by atoms with Gasteiger partial charge >= 0.3 is 6.18 Å². The van der Waals surface area contributed by atoms with Crippen molar-refractivity contribution in [3.8, 4) is 0 Å². The molecule has 5 heteroatoms. The van der Waals surface area contributed by atoms with Crippen molar-refractivity contribution >= 4 is 16.6 Å². The second-order valence-corrected chi connectivity index (χ2v) is 3.05. The van der Waals surface area contributed by atoms with Crippen LogP contribution >= 0.6 is 11.6 Å². The van der Waals surface area contributed by atoms with Crippen molar-refractivity contribution in [3.63, 3.8) is 0 Å². The van der Waals surface area contributed by atoms with Crippen LogP contribution in [0.15, 0.2) is 24.8 Å². The van der Waals surface area contributed by atoms with Crippen LogP contribution in [0.5, 0.6) is 0 Å². The quantitative estimate of drug-likeness (QED) is 0.631. The van der Waals surface area contributed by atoms with E-state index in [9.17, 15) is 17.6 Å². The van der Waals surface area contributed by atoms with E-state index in [2.05, 4.69) is 6.58 Å². The lowest BCUT2D eigenvalue weighted by Gasteiger charge is -2.09. The molecule has 0 fully saturated rings. The van der Waals surface area contributed by atoms with Gasteiger partial charge in [0, 0.05) is 5.03 Å². The zero-order valence-electron chi connectivity index (χ0n) is 6.83. The van der Waals surface area contributed by atoms with Crippen LogP contribution in [0, 0.1) is 5.82 Å². The fourth-order valence-electron chi connectivity index (χ4n) is 0.911. The Hall–Kier alpha value is -1.03. The topological polar surface area (TPSA) is 0 Å². The number of halogens is 5. The van der Waals surface area contributed by atoms with Gasteiger partial charge in [-0.1, -0.05) is 24.2 Å². The normalized spacial score (nSPS) is 11.5. The summed E-state index contributed by atoms with van der Waals surface area (Å²) in [5, 5.41) is -0.0597. The summed E-state index contributed by atoms with van der Waals surface area (Å²) >= 11 is 5.39. The van der Waals surface area contributed by atoms with Crippen molar-refractivity contribution in [3.05, 3.63) is 41.7 Å². The molecule has 1 aromatic rings. The average molecular weight is 225 g/mol. The lowest BCUT2D eigenvalue weighted by Crippen LogP contribution is -2.08. The highest BCUT2D eigenvalue weighted by molar-refractivity contribution is 6.48. The highest BCUT2D eigenvalue weighted by Crippen LogP contribution is 2.33. The molecule has 14 heavy (non-hydrogen) atoms. The van der Waals surface area contributed by atoms with Crippen LogP contribution in [0.1, 0.15) is 11.1 Å². The van der Waals surface area contributed by atoms with Gasteiger partial charge in [0.05, 0.1) is 5.56 Å². The van der Waals surface area contributed by atoms with Gasteiger partial charge in [-0.3, -0.25) is 0 Å². The Morgan fingerprint density at radius 1 is 1.29 bits per heavy atom. The van der Waals surface area contributed by atoms with Crippen molar-refractivity contribution in [2.75, 3.05) is 0 Å². The molecule has 0 amide bonds. The fourth-order valence-corrected chi connectivity index (χ4v) is 1.03. The highest BCUT2D eigenvalue weighted by Gasteiger charge is 2.34. The van der Waals surface area contributed by atoms with Gasteiger partial charge in [0.15, 0.2) is 0 Å². The zero-order chi connectivity index (χ0) is 10.9. The lowest BCUT2D eigenvalue weighted by atomic mass is 10.1. The molecule has 0 unspecified atom stereocenters. The first-order chi connectivity index (χ1) is 6.32. The molecule has 0 saturated heterocycles. The molecule has 1 aromatic carbocycles. The summed E-state index contributed by atoms with van der Waals surface area (Å²) in [4.78, 5) is 0. The van der Waals surface area contributed by atoms with Gasteiger partial charge in [0.2, 0.25) is 0 Å². The van der Waals surface area contributed by atoms with Gasteiger partial charge in [-0.05, 0) is 17.7 Å². The fraction of sp³-hybridized carbons (Fsp3) is 0.111. The molecule has 0 heterocycles. The van der Waals surface area contributed by atoms with E-state index in [0.717, 1.165) is 6.07 Å². The molecule has 0 saturated carbocycles. The standard InChI is InChI=1S/C9H5ClF4/c1-5(10)6-2-3-8(11)7(4-6)9(12,13)14/h2-4H,1H2. The first-order valence-electron chi connectivity index (χ1n) is 3.54. The number of benzene rings is 1. The maximum Gasteiger partial charge on any atom is 0.419 e. The molecule has 0 aliphatic rings. The van der Waals surface area contributed by atoms with Gasteiger partial charge in [0.25, 0.3) is 0 Å². The van der Waals surface area contributed by atoms with Gasteiger partial charge in [-0.2, -0.15) is 13.2 Å². The van der Waals surface area contributed by atoms with E-state index in [-0.39, 0.29) is 10.6 Å². The molecule has 76 valence electrons. The minimum atomic E-state index is -4.72. The van der Waals surface area contributed by atoms with E-state index in [1.807, 2.05) is 0 Å². The molecule has 0 nitrogen and oxygen atoms in total. The summed E-state index contributed by atoms with van der Waals surface area (Å²) in [6.07, 6.45) is -4.72. The summed E-state index contributed by atoms with van der Waals surface area (Å²) in [6, 6.07) is 2.48. The Morgan fingerprint density at radius 2 is 1.86 bits per heavy atom. The maximum atomic E-state index is 12.7. The second-order valence-electron chi connectivity index (χ2n) is 2.60. The van der Waals surface area contributed by atoms with Gasteiger partial charge in [-0.15, -0.1) is 0 Å². The van der Waals surface area contributed by atoms with E-state index in [0.29, 0.717) is 12.1 Å². The summed E-state index contributed by atoms with van der Waals surface area (Å²) < 4.78 is 49.3. The van der Waals surface area contributed by atoms with Crippen LogP contribution in [0.2, 0.25) is 0 Å². The zero-order valence-corrected chi connectivity index (χ0v) is 7.58. The third-order valence-electron chi connectivity index (χ3n) is 1.58. The number of rotatable bonds is 1. The Balaban J connectivity index is 3.29. The van der Waals surface area contributed by atoms with Crippen molar-refractivity contribution in [1.29, 1.82) is 0 Å². The second kappa shape index (κ2) is 3.61. The molecule has 0 aromatic heterocycles. The molecule has 0 aliphatic carbocycles. The highest BCUT2D eigenvalue weighted by atomic mass is 35.5. The van der Waals surface area contributed by atoms with E-state index < -0.39 is 17.6 Å². The molecule has 0 radical (unpaired) electrons. The van der Waals surface area contributed by atoms with Crippen molar-refractivity contribution in [1.82, 2.24) is 0 Å². The predicted octanol–water partition coefficient (Wildman–Crippen LogP) is 4.05. The SMILES string of the molecule is C=C(Cl)c1ccc(F)c(C(F)(F)F)c1. The summed E-state index contributed by atoms with van der Waals surface area (Å²) in [6.45, 7) is 3.25. The third-order valence-corrected chi connectivity index (χ3v) is 1.80. The first-order valence-corrected chi connectivity index (χ1v) is 3.91. The van der Waals surface area contributed by atoms with Crippen LogP contribution in [0.3, 0.4) is 0 Å². The smallest absolute Gasteiger partial charge is 0.206 e. The Kier molecular flexibility index (Phi) is 2.85. The summed E-state index contributed by atoms with van der Waals surface area (Å²) in [7, 11) is 0. The molecule has 0 spiro atoms. The van der Waals surface area contributed by atoms with E-state index in [1.54, 1.807) is 0 Å². The molecular formula is C9H5ClF4. The van der Waals surface area contributed by atoms with Crippen LogP contribution in [0.4, 0.5) is 17.6 Å². The van der Waals surface area contributed by atoms with E-state index in [4.69, 9.17) is 11.6 Å². The molecule has 0 aliphatic heterocycles. The van der Waals surface area contributed by atoms with Crippen LogP contribution in [0.25, 0.3) is 5.03 Å². The van der Waals surface area contributed by atoms with Gasteiger partial charge in [-0.25, -0.2) is 4.39 Å². The Bertz CT molecular complexity index is 368. The monoisotopic (exact) mass is 224 g/mol. The Labute approximate surface area is 82.8 Å². The molecule has 0 N–H and O–H groups in total. The van der Waals surface area contributed by atoms with Gasteiger partial charge < -0.3 is 0 Å². The van der Waals surface area contributed by atoms with E-state index in [1.165, 1.54) is 0 Å². The van der Waals surface area contributed by atoms with E-state index >= 15 is 0 Å². The Morgan fingerprint density at radius 3 is 2.29 bits per heavy atom. The van der Waals surface area contributed by atoms with Crippen molar-refractivity contribution < 1.29 is 17.6 Å². The minimum absolute atomic E-state index is 0.0559. The third kappa shape index (κ3) is 2.26. The maximum absolute atomic E-state index is 12.7. The van der Waals surface area contributed by atoms with Crippen LogP contribution < -0.4 is 0 Å². The molecule has 0 atom stereocenters. The van der Waals surface area contributed by atoms with Crippen LogP contribution in [-0.2, 0) is 6.18 Å². The summed E-state index contributed by atoms with van der Waals surface area (Å²) in [5.41, 5.74) is -1.28. The largest absolute Gasteiger partial charge is 0.419 e. The van der Waals surface area contributed by atoms with Crippen molar-refractivity contribution in [2.45, 2.75) is 6.18 Å². The van der Waals surface area contributed by atoms with Crippen LogP contribution in [-0.4, -0.2) is 0 Å². The lowest BCUT2D eigenvalue weighted by molar-refractivity contribution is -0.140. The first kappa shape index (κ1) is 11.0. The minimum Gasteiger partial charge on any atom is -0.206 e. The number of alkyl halides is 3. The number of hydrogen-bond donors (Lipinski definition) is 0. The number of hydrogen-bond acceptors (Lipinski definition) is 0.